The summed E-state index contributed by atoms with van der Waals surface area (Å²) in [6.07, 6.45) is 0. The van der Waals surface area contributed by atoms with Crippen LogP contribution in [0.2, 0.25) is 0 Å². The Morgan fingerprint density at radius 2 is 1.69 bits per heavy atom. The van der Waals surface area contributed by atoms with E-state index >= 15 is 0 Å². The Bertz CT molecular complexity index is 1270. The average Bonchev–Trinajstić information content (AvgIpc) is 2.74. The fourth-order valence-corrected chi connectivity index (χ4v) is 3.30. The Morgan fingerprint density at radius 3 is 2.41 bits per heavy atom. The van der Waals surface area contributed by atoms with Crippen LogP contribution >= 0.6 is 0 Å². The van der Waals surface area contributed by atoms with Crippen molar-refractivity contribution in [3.05, 3.63) is 99.3 Å². The lowest BCUT2D eigenvalue weighted by molar-refractivity contribution is -0.385. The fourth-order valence-electron chi connectivity index (χ4n) is 3.30. The number of para-hydroxylation sites is 2. The number of benzene rings is 3. The van der Waals surface area contributed by atoms with Crippen LogP contribution < -0.4 is 15.6 Å². The topological polar surface area (TPSA) is 86.4 Å². The molecule has 4 rings (SSSR count). The number of nitrogens with one attached hydrogen (secondary N) is 1. The molecule has 1 aromatic heterocycles. The first-order chi connectivity index (χ1) is 14.1. The van der Waals surface area contributed by atoms with E-state index in [4.69, 9.17) is 4.74 Å². The highest BCUT2D eigenvalue weighted by molar-refractivity contribution is 5.98. The van der Waals surface area contributed by atoms with Crippen molar-refractivity contribution < 1.29 is 9.66 Å². The van der Waals surface area contributed by atoms with Gasteiger partial charge in [-0.25, -0.2) is 0 Å². The maximum absolute atomic E-state index is 13.2. The molecule has 7 nitrogen and oxygen atoms in total. The van der Waals surface area contributed by atoms with Crippen molar-refractivity contribution in [2.24, 2.45) is 0 Å². The first-order valence-electron chi connectivity index (χ1n) is 8.89. The summed E-state index contributed by atoms with van der Waals surface area (Å²) in [5.74, 6) is 0.597. The Balaban J connectivity index is 2.04. The fraction of sp³-hybridized carbons (Fsp3) is 0.0455. The van der Waals surface area contributed by atoms with Crippen LogP contribution in [-0.2, 0) is 0 Å². The zero-order valence-corrected chi connectivity index (χ0v) is 15.5. The van der Waals surface area contributed by atoms with Crippen LogP contribution in [0.1, 0.15) is 0 Å². The van der Waals surface area contributed by atoms with Gasteiger partial charge in [0.05, 0.1) is 17.5 Å². The molecule has 0 amide bonds. The summed E-state index contributed by atoms with van der Waals surface area (Å²) in [4.78, 5) is 24.5. The van der Waals surface area contributed by atoms with Crippen molar-refractivity contribution in [2.45, 2.75) is 0 Å². The SMILES string of the molecule is COc1cccc(Nc2c([N+](=O)[O-])c(=O)n(-c3ccccc3)c3ccccc23)c1. The van der Waals surface area contributed by atoms with Gasteiger partial charge in [-0.15, -0.1) is 0 Å². The predicted octanol–water partition coefficient (Wildman–Crippen LogP) is 4.65. The Morgan fingerprint density at radius 1 is 0.966 bits per heavy atom. The molecule has 4 aromatic rings. The number of fused-ring (bicyclic) bond motifs is 1. The molecule has 144 valence electrons. The summed E-state index contributed by atoms with van der Waals surface area (Å²) in [6.45, 7) is 0. The predicted molar refractivity (Wildman–Crippen MR) is 112 cm³/mol. The number of hydrogen-bond acceptors (Lipinski definition) is 5. The number of rotatable bonds is 5. The highest BCUT2D eigenvalue weighted by atomic mass is 16.6. The third-order valence-electron chi connectivity index (χ3n) is 4.59. The molecule has 29 heavy (non-hydrogen) atoms. The van der Waals surface area contributed by atoms with E-state index in [0.717, 1.165) is 0 Å². The van der Waals surface area contributed by atoms with Crippen LogP contribution in [0.4, 0.5) is 17.1 Å². The number of pyridine rings is 1. The highest BCUT2D eigenvalue weighted by Crippen LogP contribution is 2.34. The monoisotopic (exact) mass is 387 g/mol. The van der Waals surface area contributed by atoms with Gasteiger partial charge in [-0.1, -0.05) is 42.5 Å². The van der Waals surface area contributed by atoms with Crippen LogP contribution in [0.3, 0.4) is 0 Å². The van der Waals surface area contributed by atoms with Crippen LogP contribution in [-0.4, -0.2) is 16.6 Å². The molecule has 0 atom stereocenters. The minimum atomic E-state index is -0.703. The van der Waals surface area contributed by atoms with E-state index in [0.29, 0.717) is 28.0 Å². The number of nitro groups is 1. The van der Waals surface area contributed by atoms with Crippen molar-refractivity contribution >= 4 is 28.0 Å². The first-order valence-corrected chi connectivity index (χ1v) is 8.89. The molecular weight excluding hydrogens is 370 g/mol. The molecule has 7 heteroatoms. The van der Waals surface area contributed by atoms with Gasteiger partial charge in [0, 0.05) is 22.8 Å². The van der Waals surface area contributed by atoms with Gasteiger partial charge < -0.3 is 10.1 Å². The lowest BCUT2D eigenvalue weighted by Gasteiger charge is -2.15. The van der Waals surface area contributed by atoms with E-state index in [1.807, 2.05) is 6.07 Å². The molecule has 0 spiro atoms. The third kappa shape index (κ3) is 3.29. The van der Waals surface area contributed by atoms with Gasteiger partial charge in [0.15, 0.2) is 0 Å². The summed E-state index contributed by atoms with van der Waals surface area (Å²) in [7, 11) is 1.54. The Labute approximate surface area is 165 Å². The standard InChI is InChI=1S/C22H17N3O4/c1-29-17-11-7-8-15(14-17)23-20-18-12-5-6-13-19(18)24(16-9-3-2-4-10-16)22(26)21(20)25(27)28/h2-14,23H,1H3. The highest BCUT2D eigenvalue weighted by Gasteiger charge is 2.26. The van der Waals surface area contributed by atoms with Crippen LogP contribution in [0.25, 0.3) is 16.6 Å². The molecule has 0 aliphatic heterocycles. The van der Waals surface area contributed by atoms with E-state index < -0.39 is 16.2 Å². The minimum Gasteiger partial charge on any atom is -0.497 e. The molecule has 0 aliphatic rings. The lowest BCUT2D eigenvalue weighted by Crippen LogP contribution is -2.23. The summed E-state index contributed by atoms with van der Waals surface area (Å²) in [5, 5.41) is 15.5. The third-order valence-corrected chi connectivity index (χ3v) is 4.59. The molecule has 3 aromatic carbocycles. The van der Waals surface area contributed by atoms with Gasteiger partial charge in [-0.2, -0.15) is 0 Å². The van der Waals surface area contributed by atoms with Gasteiger partial charge >= 0.3 is 11.2 Å². The van der Waals surface area contributed by atoms with E-state index in [-0.39, 0.29) is 5.69 Å². The normalized spacial score (nSPS) is 10.7. The molecule has 1 N–H and O–H groups in total. The van der Waals surface area contributed by atoms with Crippen molar-refractivity contribution in [1.29, 1.82) is 0 Å². The van der Waals surface area contributed by atoms with Crippen molar-refractivity contribution in [1.82, 2.24) is 4.57 Å². The van der Waals surface area contributed by atoms with Crippen molar-refractivity contribution in [3.8, 4) is 11.4 Å². The van der Waals surface area contributed by atoms with Gasteiger partial charge in [0.2, 0.25) is 0 Å². The second-order valence-electron chi connectivity index (χ2n) is 6.33. The smallest absolute Gasteiger partial charge is 0.358 e. The second-order valence-corrected chi connectivity index (χ2v) is 6.33. The van der Waals surface area contributed by atoms with Crippen LogP contribution in [0.15, 0.2) is 83.7 Å². The van der Waals surface area contributed by atoms with E-state index in [1.165, 1.54) is 11.7 Å². The van der Waals surface area contributed by atoms with E-state index in [2.05, 4.69) is 5.32 Å². The molecule has 0 radical (unpaired) electrons. The molecule has 0 unspecified atom stereocenters. The number of methoxy groups -OCH3 is 1. The van der Waals surface area contributed by atoms with E-state index in [1.54, 1.807) is 72.8 Å². The van der Waals surface area contributed by atoms with Crippen molar-refractivity contribution in [3.63, 3.8) is 0 Å². The molecule has 0 fully saturated rings. The summed E-state index contributed by atoms with van der Waals surface area (Å²) in [5.41, 5.74) is 0.635. The van der Waals surface area contributed by atoms with Gasteiger partial charge in [0.1, 0.15) is 11.4 Å². The maximum atomic E-state index is 13.2. The summed E-state index contributed by atoms with van der Waals surface area (Å²) < 4.78 is 6.58. The molecule has 0 aliphatic carbocycles. The number of anilines is 2. The molecule has 0 saturated heterocycles. The minimum absolute atomic E-state index is 0.149. The zero-order valence-electron chi connectivity index (χ0n) is 15.5. The van der Waals surface area contributed by atoms with Gasteiger partial charge in [-0.3, -0.25) is 19.5 Å². The van der Waals surface area contributed by atoms with E-state index in [9.17, 15) is 14.9 Å². The molecule has 0 saturated carbocycles. The number of hydrogen-bond donors (Lipinski definition) is 1. The van der Waals surface area contributed by atoms with Crippen molar-refractivity contribution in [2.75, 3.05) is 12.4 Å². The van der Waals surface area contributed by atoms with Crippen LogP contribution in [0, 0.1) is 10.1 Å². The number of aromatic nitrogens is 1. The molecular formula is C22H17N3O4. The number of ether oxygens (including phenoxy) is 1. The van der Waals surface area contributed by atoms with Gasteiger partial charge in [0.25, 0.3) is 0 Å². The summed E-state index contributed by atoms with van der Waals surface area (Å²) in [6, 6.07) is 23.0. The van der Waals surface area contributed by atoms with Gasteiger partial charge in [-0.05, 0) is 30.3 Å². The molecule has 0 bridgehead atoms. The van der Waals surface area contributed by atoms with Crippen LogP contribution in [0.5, 0.6) is 5.75 Å². The first kappa shape index (κ1) is 18.2. The Hall–Kier alpha value is -4.13. The summed E-state index contributed by atoms with van der Waals surface area (Å²) >= 11 is 0. The largest absolute Gasteiger partial charge is 0.497 e. The lowest BCUT2D eigenvalue weighted by atomic mass is 10.1. The second kappa shape index (κ2) is 7.47. The quantitative estimate of drug-likeness (QED) is 0.398. The zero-order chi connectivity index (χ0) is 20.4. The maximum Gasteiger partial charge on any atom is 0.358 e. The average molecular weight is 387 g/mol. The molecule has 1 heterocycles. The Kier molecular flexibility index (Phi) is 4.70. The number of nitrogens with zero attached hydrogens (tertiary/aromatic N) is 2.